The molecule has 0 bridgehead atoms. The molecule has 1 amide bonds. The Hall–Kier alpha value is -4.70. The minimum atomic E-state index is -1.49. The van der Waals surface area contributed by atoms with Crippen LogP contribution in [0.25, 0.3) is 0 Å². The van der Waals surface area contributed by atoms with Crippen LogP contribution >= 0.6 is 0 Å². The van der Waals surface area contributed by atoms with E-state index in [0.29, 0.717) is 40.9 Å². The molecule has 1 spiro atoms. The number of benzene rings is 3. The molecule has 2 aliphatic rings. The van der Waals surface area contributed by atoms with Crippen molar-refractivity contribution in [2.24, 2.45) is 10.8 Å². The zero-order valence-electron chi connectivity index (χ0n) is 27.7. The van der Waals surface area contributed by atoms with Crippen LogP contribution in [0.3, 0.4) is 0 Å². The summed E-state index contributed by atoms with van der Waals surface area (Å²) in [6.45, 7) is 11.1. The molecule has 2 aliphatic heterocycles. The first-order valence-corrected chi connectivity index (χ1v) is 15.8. The van der Waals surface area contributed by atoms with E-state index in [4.69, 9.17) is 24.1 Å². The largest absolute Gasteiger partial charge is 0.456 e. The Kier molecular flexibility index (Phi) is 9.19. The average Bonchev–Trinajstić information content (AvgIpc) is 3.29. The third-order valence-corrected chi connectivity index (χ3v) is 8.14. The highest BCUT2D eigenvalue weighted by atomic mass is 16.6. The Labute approximate surface area is 274 Å². The van der Waals surface area contributed by atoms with E-state index in [1.54, 1.807) is 101 Å². The highest BCUT2D eigenvalue weighted by Gasteiger charge is 2.54. The van der Waals surface area contributed by atoms with Gasteiger partial charge in [-0.2, -0.15) is 0 Å². The minimum Gasteiger partial charge on any atom is -0.456 e. The van der Waals surface area contributed by atoms with E-state index in [0.717, 1.165) is 25.7 Å². The van der Waals surface area contributed by atoms with Gasteiger partial charge in [-0.3, -0.25) is 14.4 Å². The molecule has 0 aliphatic carbocycles. The van der Waals surface area contributed by atoms with E-state index in [1.165, 1.54) is 0 Å². The van der Waals surface area contributed by atoms with Crippen molar-refractivity contribution >= 4 is 30.0 Å². The number of nitrogens with zero attached hydrogens (tertiary/aromatic N) is 1. The maximum absolute atomic E-state index is 13.5. The van der Waals surface area contributed by atoms with Crippen LogP contribution in [-0.4, -0.2) is 42.6 Å². The van der Waals surface area contributed by atoms with Crippen LogP contribution in [-0.2, 0) is 24.7 Å². The summed E-state index contributed by atoms with van der Waals surface area (Å²) in [5, 5.41) is 9.08. The van der Waals surface area contributed by atoms with Crippen molar-refractivity contribution in [2.75, 3.05) is 18.1 Å². The Balaban J connectivity index is 1.63. The molecule has 1 N–H and O–H groups in total. The van der Waals surface area contributed by atoms with E-state index in [1.807, 2.05) is 0 Å². The normalized spacial score (nSPS) is 14.3. The predicted molar refractivity (Wildman–Crippen MR) is 174 cm³/mol. The molecule has 5 rings (SSSR count). The second-order valence-electron chi connectivity index (χ2n) is 13.9. The first-order valence-electron chi connectivity index (χ1n) is 15.8. The summed E-state index contributed by atoms with van der Waals surface area (Å²) in [7, 11) is 0. The van der Waals surface area contributed by atoms with Gasteiger partial charge in [0, 0.05) is 47.7 Å². The van der Waals surface area contributed by atoms with Gasteiger partial charge in [-0.25, -0.2) is 4.79 Å². The first-order chi connectivity index (χ1) is 22.2. The number of aliphatic hydroxyl groups is 1. The lowest BCUT2D eigenvalue weighted by atomic mass is 9.77. The van der Waals surface area contributed by atoms with Gasteiger partial charge in [0.05, 0.1) is 16.4 Å². The fourth-order valence-electron chi connectivity index (χ4n) is 5.49. The first kappa shape index (κ1) is 33.7. The van der Waals surface area contributed by atoms with Crippen LogP contribution in [0.1, 0.15) is 94.3 Å². The van der Waals surface area contributed by atoms with Crippen LogP contribution in [0, 0.1) is 10.8 Å². The number of amides is 1. The Morgan fingerprint density at radius 2 is 1.34 bits per heavy atom. The number of hydrogen-bond acceptors (Lipinski definition) is 9. The highest BCUT2D eigenvalue weighted by molar-refractivity contribution is 5.98. The Bertz CT molecular complexity index is 1640. The molecule has 248 valence electrons. The summed E-state index contributed by atoms with van der Waals surface area (Å²) in [5.74, 6) is -0.400. The number of hydrogen-bond donors (Lipinski definition) is 1. The maximum Gasteiger partial charge on any atom is 0.340 e. The maximum atomic E-state index is 13.5. The number of esters is 3. The number of unbranched alkanes of at least 4 members (excludes halogenated alkanes) is 3. The van der Waals surface area contributed by atoms with Gasteiger partial charge in [-0.1, -0.05) is 12.8 Å². The molecule has 0 radical (unpaired) electrons. The third-order valence-electron chi connectivity index (χ3n) is 8.14. The van der Waals surface area contributed by atoms with Gasteiger partial charge in [0.15, 0.2) is 5.60 Å². The summed E-state index contributed by atoms with van der Waals surface area (Å²) < 4.78 is 24.0. The van der Waals surface area contributed by atoms with Crippen molar-refractivity contribution < 1.29 is 43.2 Å². The lowest BCUT2D eigenvalue weighted by Crippen LogP contribution is -2.33. The van der Waals surface area contributed by atoms with E-state index in [-0.39, 0.29) is 29.6 Å². The quantitative estimate of drug-likeness (QED) is 0.111. The Morgan fingerprint density at radius 3 is 1.85 bits per heavy atom. The molecule has 0 unspecified atom stereocenters. The smallest absolute Gasteiger partial charge is 0.340 e. The van der Waals surface area contributed by atoms with Crippen LogP contribution in [0.4, 0.5) is 5.69 Å². The number of carbonyl (C=O) groups is 4. The van der Waals surface area contributed by atoms with Crippen LogP contribution < -0.4 is 19.1 Å². The molecule has 3 aromatic rings. The van der Waals surface area contributed by atoms with Gasteiger partial charge in [0.2, 0.25) is 6.41 Å². The van der Waals surface area contributed by atoms with Crippen molar-refractivity contribution in [3.8, 4) is 23.0 Å². The van der Waals surface area contributed by atoms with Gasteiger partial charge in [0.1, 0.15) is 23.0 Å². The van der Waals surface area contributed by atoms with Crippen molar-refractivity contribution in [3.05, 3.63) is 76.9 Å². The molecule has 0 aromatic heterocycles. The molecule has 47 heavy (non-hydrogen) atoms. The summed E-state index contributed by atoms with van der Waals surface area (Å²) in [6, 6.07) is 14.9. The predicted octanol–water partition coefficient (Wildman–Crippen LogP) is 6.67. The molecule has 0 saturated carbocycles. The molecule has 10 heteroatoms. The number of carbonyl (C=O) groups excluding carboxylic acids is 4. The number of anilines is 1. The fraction of sp³-hybridized carbons (Fsp3) is 0.405. The van der Waals surface area contributed by atoms with Crippen LogP contribution in [0.2, 0.25) is 0 Å². The van der Waals surface area contributed by atoms with Crippen molar-refractivity contribution in [1.82, 2.24) is 0 Å². The molecule has 3 aromatic carbocycles. The summed E-state index contributed by atoms with van der Waals surface area (Å²) >= 11 is 0. The zero-order chi connectivity index (χ0) is 34.1. The Morgan fingerprint density at radius 1 is 0.787 bits per heavy atom. The summed E-state index contributed by atoms with van der Waals surface area (Å²) in [6.07, 6.45) is 3.91. The molecule has 0 saturated heterocycles. The number of rotatable bonds is 10. The lowest BCUT2D eigenvalue weighted by molar-refractivity contribution is -0.143. The standard InChI is InChI=1S/C37H41NO9/c1-35(2,3)33(42)44-24-12-15-27-30(20-24)46-31-21-25(45-34(43)36(4,5)6)13-16-28(31)37(27)29-19-23(11-14-26(29)32(41)47-37)38(22-40)17-9-7-8-10-18-39/h11-16,19-22,39H,7-10,17-18H2,1-6H3. The second-order valence-corrected chi connectivity index (χ2v) is 13.9. The third kappa shape index (κ3) is 6.60. The van der Waals surface area contributed by atoms with Gasteiger partial charge in [-0.05, 0) is 96.8 Å². The number of ether oxygens (including phenoxy) is 4. The minimum absolute atomic E-state index is 0.131. The summed E-state index contributed by atoms with van der Waals surface area (Å²) in [5.41, 5.74) is -0.590. The van der Waals surface area contributed by atoms with Crippen molar-refractivity contribution in [1.29, 1.82) is 0 Å². The topological polar surface area (TPSA) is 129 Å². The van der Waals surface area contributed by atoms with Gasteiger partial charge in [0.25, 0.3) is 0 Å². The monoisotopic (exact) mass is 643 g/mol. The van der Waals surface area contributed by atoms with Gasteiger partial charge >= 0.3 is 17.9 Å². The van der Waals surface area contributed by atoms with Gasteiger partial charge in [-0.15, -0.1) is 0 Å². The molecule has 2 heterocycles. The number of aliphatic hydroxyl groups excluding tert-OH is 1. The van der Waals surface area contributed by atoms with Crippen LogP contribution in [0.5, 0.6) is 23.0 Å². The van der Waals surface area contributed by atoms with E-state index in [9.17, 15) is 19.2 Å². The average molecular weight is 644 g/mol. The molecule has 0 fully saturated rings. The van der Waals surface area contributed by atoms with E-state index < -0.39 is 34.3 Å². The SMILES string of the molecule is CC(C)(C)C(=O)Oc1ccc2c(c1)Oc1cc(OC(=O)C(C)(C)C)ccc1C21OC(=O)c2ccc(N(C=O)CCCCCCO)cc21. The molecule has 0 atom stereocenters. The zero-order valence-corrected chi connectivity index (χ0v) is 27.7. The van der Waals surface area contributed by atoms with E-state index in [2.05, 4.69) is 0 Å². The van der Waals surface area contributed by atoms with Crippen LogP contribution in [0.15, 0.2) is 54.6 Å². The lowest BCUT2D eigenvalue weighted by Gasteiger charge is -2.37. The van der Waals surface area contributed by atoms with Gasteiger partial charge < -0.3 is 29.0 Å². The number of fused-ring (bicyclic) bond motifs is 6. The highest BCUT2D eigenvalue weighted by Crippen LogP contribution is 2.57. The molecular formula is C37H41NO9. The van der Waals surface area contributed by atoms with Crippen molar-refractivity contribution in [3.63, 3.8) is 0 Å². The van der Waals surface area contributed by atoms with Crippen molar-refractivity contribution in [2.45, 2.75) is 72.8 Å². The van der Waals surface area contributed by atoms with E-state index >= 15 is 0 Å². The fourth-order valence-corrected chi connectivity index (χ4v) is 5.49. The molecule has 10 nitrogen and oxygen atoms in total. The second kappa shape index (κ2) is 12.8. The summed E-state index contributed by atoms with van der Waals surface area (Å²) in [4.78, 5) is 52.8. The molecular weight excluding hydrogens is 602 g/mol.